The van der Waals surface area contributed by atoms with Gasteiger partial charge in [0, 0.05) is 10.9 Å². The Morgan fingerprint density at radius 1 is 1.15 bits per heavy atom. The molecule has 13 heteroatoms. The quantitative estimate of drug-likeness (QED) is 0.325. The van der Waals surface area contributed by atoms with E-state index in [9.17, 15) is 22.8 Å². The zero-order valence-corrected chi connectivity index (χ0v) is 20.0. The predicted molar refractivity (Wildman–Crippen MR) is 125 cm³/mol. The molecule has 0 saturated heterocycles. The summed E-state index contributed by atoms with van der Waals surface area (Å²) in [4.78, 5) is 30.2. The summed E-state index contributed by atoms with van der Waals surface area (Å²) in [5, 5.41) is 7.23. The lowest BCUT2D eigenvalue weighted by Gasteiger charge is -2.10. The molecule has 4 aromatic rings. The van der Waals surface area contributed by atoms with Crippen LogP contribution in [0.25, 0.3) is 16.1 Å². The molecule has 2 N–H and O–H groups in total. The van der Waals surface area contributed by atoms with E-state index in [1.807, 2.05) is 5.38 Å². The van der Waals surface area contributed by atoms with Crippen LogP contribution in [0.5, 0.6) is 0 Å². The average molecular weight is 550 g/mol. The normalized spacial score (nSPS) is 12.3. The molecule has 3 aromatic heterocycles. The van der Waals surface area contributed by atoms with E-state index in [-0.39, 0.29) is 30.0 Å². The van der Waals surface area contributed by atoms with Crippen LogP contribution in [-0.4, -0.2) is 20.5 Å². The Morgan fingerprint density at radius 3 is 2.44 bits per heavy atom. The summed E-state index contributed by atoms with van der Waals surface area (Å²) >= 11 is 19.7. The molecule has 0 aliphatic carbocycles. The number of hydrogen-bond acceptors (Lipinski definition) is 4. The number of fused-ring (bicyclic) bond motifs is 1. The van der Waals surface area contributed by atoms with E-state index in [1.165, 1.54) is 29.5 Å². The van der Waals surface area contributed by atoms with Crippen molar-refractivity contribution in [3.63, 3.8) is 0 Å². The average Bonchev–Trinajstić information content (AvgIpc) is 3.39. The third kappa shape index (κ3) is 5.25. The van der Waals surface area contributed by atoms with Gasteiger partial charge in [0.2, 0.25) is 9.70 Å². The Balaban J connectivity index is 1.56. The first-order valence-corrected chi connectivity index (χ1v) is 11.6. The number of nitrogens with zero attached hydrogens (tertiary/aromatic N) is 2. The van der Waals surface area contributed by atoms with Crippen molar-refractivity contribution in [2.45, 2.75) is 22.9 Å². The van der Waals surface area contributed by atoms with Crippen LogP contribution in [0, 0.1) is 0 Å². The molecule has 0 aliphatic rings. The molecule has 0 saturated carbocycles. The molecule has 0 atom stereocenters. The second-order valence-electron chi connectivity index (χ2n) is 7.23. The van der Waals surface area contributed by atoms with Gasteiger partial charge < -0.3 is 5.32 Å². The Kier molecular flexibility index (Phi) is 6.69. The van der Waals surface area contributed by atoms with Gasteiger partial charge in [-0.15, -0.1) is 11.3 Å². The number of amides is 1. The Hall–Kier alpha value is -2.53. The molecule has 4 rings (SSSR count). The Labute approximate surface area is 209 Å². The standard InChI is InChI=1S/C21H14Cl3F3N4O2S/c22-20(23,24)18-17(14-2-1-7-34-14)19-29-13(9-16(33)31(19)30-18)10-28-15(32)8-11-3-5-12(6-4-11)21(25,26)27/h1-7,9,30H,8,10H2,(H,28,32). The second kappa shape index (κ2) is 9.26. The fourth-order valence-corrected chi connectivity index (χ4v) is 4.47. The van der Waals surface area contributed by atoms with Gasteiger partial charge in [0.15, 0.2) is 5.65 Å². The maximum atomic E-state index is 12.7. The van der Waals surface area contributed by atoms with E-state index in [0.29, 0.717) is 11.1 Å². The van der Waals surface area contributed by atoms with Gasteiger partial charge in [0.05, 0.1) is 35.5 Å². The number of carbonyl (C=O) groups excluding carboxylic acids is 1. The van der Waals surface area contributed by atoms with Gasteiger partial charge in [0.25, 0.3) is 5.56 Å². The smallest absolute Gasteiger partial charge is 0.350 e. The van der Waals surface area contributed by atoms with Crippen LogP contribution < -0.4 is 10.9 Å². The summed E-state index contributed by atoms with van der Waals surface area (Å²) < 4.78 is 37.3. The van der Waals surface area contributed by atoms with Gasteiger partial charge in [-0.25, -0.2) is 9.50 Å². The maximum Gasteiger partial charge on any atom is 0.416 e. The molecule has 1 amide bonds. The predicted octanol–water partition coefficient (Wildman–Crippen LogP) is 5.46. The first-order chi connectivity index (χ1) is 15.9. The molecular weight excluding hydrogens is 536 g/mol. The van der Waals surface area contributed by atoms with Crippen LogP contribution in [0.3, 0.4) is 0 Å². The number of rotatable bonds is 5. The van der Waals surface area contributed by atoms with Crippen molar-refractivity contribution in [2.24, 2.45) is 0 Å². The zero-order chi connectivity index (χ0) is 24.7. The molecule has 0 radical (unpaired) electrons. The number of hydrogen-bond donors (Lipinski definition) is 2. The minimum atomic E-state index is -4.45. The minimum Gasteiger partial charge on any atom is -0.350 e. The van der Waals surface area contributed by atoms with Gasteiger partial charge in [0.1, 0.15) is 0 Å². The number of alkyl halides is 6. The molecule has 34 heavy (non-hydrogen) atoms. The lowest BCUT2D eigenvalue weighted by atomic mass is 10.1. The molecule has 1 aromatic carbocycles. The zero-order valence-electron chi connectivity index (χ0n) is 16.9. The number of H-pyrrole nitrogens is 1. The lowest BCUT2D eigenvalue weighted by molar-refractivity contribution is -0.137. The second-order valence-corrected chi connectivity index (χ2v) is 10.5. The van der Waals surface area contributed by atoms with Gasteiger partial charge in [-0.1, -0.05) is 53.0 Å². The molecule has 3 heterocycles. The first kappa shape index (κ1) is 24.6. The van der Waals surface area contributed by atoms with Crippen molar-refractivity contribution < 1.29 is 18.0 Å². The summed E-state index contributed by atoms with van der Waals surface area (Å²) in [6.07, 6.45) is -4.59. The summed E-state index contributed by atoms with van der Waals surface area (Å²) in [7, 11) is 0. The molecule has 0 aliphatic heterocycles. The van der Waals surface area contributed by atoms with E-state index in [0.717, 1.165) is 21.5 Å². The summed E-state index contributed by atoms with van der Waals surface area (Å²) in [5.41, 5.74) is 0.249. The van der Waals surface area contributed by atoms with Crippen molar-refractivity contribution in [3.05, 3.63) is 80.7 Å². The third-order valence-corrected chi connectivity index (χ3v) is 6.29. The van der Waals surface area contributed by atoms with Gasteiger partial charge in [-0.3, -0.25) is 14.7 Å². The van der Waals surface area contributed by atoms with Crippen molar-refractivity contribution in [3.8, 4) is 10.4 Å². The van der Waals surface area contributed by atoms with Crippen LogP contribution in [0.15, 0.2) is 52.6 Å². The largest absolute Gasteiger partial charge is 0.416 e. The van der Waals surface area contributed by atoms with Crippen LogP contribution >= 0.6 is 46.1 Å². The van der Waals surface area contributed by atoms with Crippen molar-refractivity contribution in [1.29, 1.82) is 0 Å². The van der Waals surface area contributed by atoms with Crippen LogP contribution in [0.1, 0.15) is 22.5 Å². The molecule has 178 valence electrons. The number of thiophene rings is 1. The number of aromatic amines is 1. The van der Waals surface area contributed by atoms with E-state index in [4.69, 9.17) is 34.8 Å². The Bertz CT molecular complexity index is 1390. The minimum absolute atomic E-state index is 0.0800. The van der Waals surface area contributed by atoms with Crippen LogP contribution in [0.4, 0.5) is 13.2 Å². The number of carbonyl (C=O) groups is 1. The number of aromatic nitrogens is 3. The highest BCUT2D eigenvalue weighted by Gasteiger charge is 2.32. The van der Waals surface area contributed by atoms with Crippen LogP contribution in [0.2, 0.25) is 0 Å². The number of nitrogens with one attached hydrogen (secondary N) is 2. The van der Waals surface area contributed by atoms with Gasteiger partial charge in [-0.05, 0) is 29.1 Å². The molecule has 0 bridgehead atoms. The van der Waals surface area contributed by atoms with Crippen molar-refractivity contribution in [2.75, 3.05) is 0 Å². The fraction of sp³-hybridized carbons (Fsp3) is 0.190. The molecule has 0 spiro atoms. The lowest BCUT2D eigenvalue weighted by Crippen LogP contribution is -2.26. The van der Waals surface area contributed by atoms with Gasteiger partial charge in [-0.2, -0.15) is 13.2 Å². The topological polar surface area (TPSA) is 79.3 Å². The van der Waals surface area contributed by atoms with E-state index >= 15 is 0 Å². The summed E-state index contributed by atoms with van der Waals surface area (Å²) in [6, 6.07) is 9.13. The molecule has 6 nitrogen and oxygen atoms in total. The molecule has 0 fully saturated rings. The van der Waals surface area contributed by atoms with E-state index in [1.54, 1.807) is 12.1 Å². The van der Waals surface area contributed by atoms with Crippen molar-refractivity contribution in [1.82, 2.24) is 19.9 Å². The first-order valence-electron chi connectivity index (χ1n) is 9.62. The maximum absolute atomic E-state index is 12.7. The highest BCUT2D eigenvalue weighted by Crippen LogP contribution is 2.44. The van der Waals surface area contributed by atoms with Gasteiger partial charge >= 0.3 is 6.18 Å². The molecule has 0 unspecified atom stereocenters. The van der Waals surface area contributed by atoms with E-state index < -0.39 is 27.0 Å². The summed E-state index contributed by atoms with van der Waals surface area (Å²) in [6.45, 7) is -0.0800. The SMILES string of the molecule is O=C(Cc1ccc(C(F)(F)F)cc1)NCc1cc(=O)n2[nH]c(C(Cl)(Cl)Cl)c(-c3cccs3)c2n1. The number of halogens is 6. The fourth-order valence-electron chi connectivity index (χ4n) is 3.28. The summed E-state index contributed by atoms with van der Waals surface area (Å²) in [5.74, 6) is -0.448. The monoisotopic (exact) mass is 548 g/mol. The Morgan fingerprint density at radius 2 is 1.85 bits per heavy atom. The number of benzene rings is 1. The van der Waals surface area contributed by atoms with Crippen molar-refractivity contribution >= 4 is 57.7 Å². The third-order valence-electron chi connectivity index (χ3n) is 4.83. The highest BCUT2D eigenvalue weighted by atomic mass is 35.6. The highest BCUT2D eigenvalue weighted by molar-refractivity contribution is 7.13. The van der Waals surface area contributed by atoms with E-state index in [2.05, 4.69) is 15.4 Å². The van der Waals surface area contributed by atoms with Crippen LogP contribution in [-0.2, 0) is 27.7 Å². The molecular formula is C21H14Cl3F3N4O2S.